The lowest BCUT2D eigenvalue weighted by Crippen LogP contribution is -2.31. The normalized spacial score (nSPS) is 16.9. The molecule has 106 valence electrons. The van der Waals surface area contributed by atoms with E-state index in [1.807, 2.05) is 12.1 Å². The van der Waals surface area contributed by atoms with Crippen molar-refractivity contribution in [2.24, 2.45) is 5.73 Å². The minimum Gasteiger partial charge on any atom is -0.508 e. The molecule has 6 heteroatoms. The van der Waals surface area contributed by atoms with Crippen LogP contribution < -0.4 is 11.4 Å². The molecular weight excluding hydrogens is 256 g/mol. The molecule has 1 unspecified atom stereocenters. The minimum absolute atomic E-state index is 0.175. The summed E-state index contributed by atoms with van der Waals surface area (Å²) in [6, 6.07) is 6.82. The number of nitrogens with one attached hydrogen (secondary N) is 1. The highest BCUT2D eigenvalue weighted by atomic mass is 16.3. The topological polar surface area (TPSA) is 96.9 Å². The molecule has 0 bridgehead atoms. The predicted molar refractivity (Wildman–Crippen MR) is 74.5 cm³/mol. The number of nitrogens with two attached hydrogens (primary N) is 1. The average Bonchev–Trinajstić information content (AvgIpc) is 2.73. The fourth-order valence-electron chi connectivity index (χ4n) is 2.55. The summed E-state index contributed by atoms with van der Waals surface area (Å²) in [6.45, 7) is 0. The van der Waals surface area contributed by atoms with Crippen molar-refractivity contribution in [1.29, 1.82) is 0 Å². The van der Waals surface area contributed by atoms with Gasteiger partial charge in [0, 0.05) is 6.04 Å². The third kappa shape index (κ3) is 2.34. The van der Waals surface area contributed by atoms with E-state index in [4.69, 9.17) is 5.73 Å². The number of H-pyrrole nitrogens is 1. The van der Waals surface area contributed by atoms with Crippen molar-refractivity contribution < 1.29 is 5.11 Å². The van der Waals surface area contributed by atoms with Crippen molar-refractivity contribution >= 4 is 0 Å². The molecule has 0 aliphatic heterocycles. The van der Waals surface area contributed by atoms with Crippen LogP contribution in [0.3, 0.4) is 0 Å². The predicted octanol–water partition coefficient (Wildman–Crippen LogP) is 1.24. The third-order valence-electron chi connectivity index (χ3n) is 3.90. The van der Waals surface area contributed by atoms with Crippen LogP contribution in [-0.4, -0.2) is 19.9 Å². The smallest absolute Gasteiger partial charge is 0.343 e. The molecule has 1 aromatic heterocycles. The molecule has 1 atom stereocenters. The van der Waals surface area contributed by atoms with E-state index >= 15 is 0 Å². The molecule has 1 saturated carbocycles. The summed E-state index contributed by atoms with van der Waals surface area (Å²) >= 11 is 0. The molecule has 1 aromatic carbocycles. The second kappa shape index (κ2) is 5.13. The number of phenols is 1. The zero-order valence-corrected chi connectivity index (χ0v) is 11.1. The second-order valence-corrected chi connectivity index (χ2v) is 5.32. The lowest BCUT2D eigenvalue weighted by Gasteiger charge is -2.28. The molecule has 0 radical (unpaired) electrons. The van der Waals surface area contributed by atoms with Gasteiger partial charge in [-0.2, -0.15) is 5.10 Å². The van der Waals surface area contributed by atoms with Crippen LogP contribution >= 0.6 is 0 Å². The van der Waals surface area contributed by atoms with Crippen molar-refractivity contribution in [1.82, 2.24) is 14.8 Å². The molecule has 3 rings (SSSR count). The molecular formula is C14H18N4O2. The number of hydrogen-bond donors (Lipinski definition) is 3. The highest BCUT2D eigenvalue weighted by Gasteiger charge is 2.26. The number of benzene rings is 1. The van der Waals surface area contributed by atoms with Crippen LogP contribution in [0.1, 0.15) is 42.7 Å². The van der Waals surface area contributed by atoms with Crippen molar-refractivity contribution in [3.8, 4) is 5.75 Å². The maximum Gasteiger partial charge on any atom is 0.343 e. The molecule has 1 heterocycles. The van der Waals surface area contributed by atoms with E-state index in [0.717, 1.165) is 24.8 Å². The first-order chi connectivity index (χ1) is 9.65. The Balaban J connectivity index is 1.81. The summed E-state index contributed by atoms with van der Waals surface area (Å²) in [4.78, 5) is 11.8. The molecule has 0 spiro atoms. The molecule has 0 amide bonds. The van der Waals surface area contributed by atoms with Gasteiger partial charge in [-0.05, 0) is 43.4 Å². The largest absolute Gasteiger partial charge is 0.508 e. The lowest BCUT2D eigenvalue weighted by molar-refractivity contribution is 0.295. The number of phenolic OH excluding ortho intramolecular Hbond substituents is 1. The Kier molecular flexibility index (Phi) is 3.31. The summed E-state index contributed by atoms with van der Waals surface area (Å²) in [6.07, 6.45) is 3.75. The van der Waals surface area contributed by atoms with Crippen LogP contribution in [0.2, 0.25) is 0 Å². The summed E-state index contributed by atoms with van der Waals surface area (Å²) in [7, 11) is 0. The Morgan fingerprint density at radius 3 is 2.70 bits per heavy atom. The van der Waals surface area contributed by atoms with Gasteiger partial charge < -0.3 is 10.8 Å². The van der Waals surface area contributed by atoms with Crippen molar-refractivity contribution in [2.45, 2.75) is 37.8 Å². The van der Waals surface area contributed by atoms with Crippen molar-refractivity contribution in [2.75, 3.05) is 0 Å². The number of hydrogen-bond acceptors (Lipinski definition) is 4. The molecule has 1 aliphatic carbocycles. The molecule has 4 N–H and O–H groups in total. The van der Waals surface area contributed by atoms with Gasteiger partial charge in [0.15, 0.2) is 5.82 Å². The van der Waals surface area contributed by atoms with Gasteiger partial charge in [-0.1, -0.05) is 12.1 Å². The number of aromatic amines is 1. The van der Waals surface area contributed by atoms with Crippen LogP contribution in [0.4, 0.5) is 0 Å². The summed E-state index contributed by atoms with van der Waals surface area (Å²) in [5.74, 6) is 0.848. The van der Waals surface area contributed by atoms with Gasteiger partial charge in [0.1, 0.15) is 5.75 Å². The summed E-state index contributed by atoms with van der Waals surface area (Å²) in [5.41, 5.74) is 7.02. The Labute approximate surface area is 116 Å². The van der Waals surface area contributed by atoms with Gasteiger partial charge in [-0.15, -0.1) is 0 Å². The van der Waals surface area contributed by atoms with Crippen LogP contribution in [0, 0.1) is 0 Å². The van der Waals surface area contributed by atoms with Gasteiger partial charge in [0.25, 0.3) is 0 Å². The number of aromatic hydroxyl groups is 1. The number of rotatable bonds is 4. The second-order valence-electron chi connectivity index (χ2n) is 5.32. The highest BCUT2D eigenvalue weighted by molar-refractivity contribution is 5.26. The Bertz CT molecular complexity index is 640. The monoisotopic (exact) mass is 274 g/mol. The SMILES string of the molecule is NC(Cc1ccc(O)cc1)c1n[nH]c(=O)n1C1CCC1. The van der Waals surface area contributed by atoms with Crippen LogP contribution in [0.15, 0.2) is 29.1 Å². The third-order valence-corrected chi connectivity index (χ3v) is 3.90. The first-order valence-corrected chi connectivity index (χ1v) is 6.85. The van der Waals surface area contributed by atoms with Crippen LogP contribution in [0.25, 0.3) is 0 Å². The molecule has 1 aliphatic rings. The average molecular weight is 274 g/mol. The van der Waals surface area contributed by atoms with Crippen molar-refractivity contribution in [3.05, 3.63) is 46.1 Å². The van der Waals surface area contributed by atoms with E-state index < -0.39 is 0 Å². The molecule has 2 aromatic rings. The number of aromatic nitrogens is 3. The molecule has 6 nitrogen and oxygen atoms in total. The standard InChI is InChI=1S/C14H18N4O2/c15-12(8-9-4-6-11(19)7-5-9)13-16-17-14(20)18(13)10-2-1-3-10/h4-7,10,12,19H,1-3,8,15H2,(H,17,20). The van der Waals surface area contributed by atoms with E-state index in [-0.39, 0.29) is 23.5 Å². The van der Waals surface area contributed by atoms with Gasteiger partial charge in [-0.25, -0.2) is 9.89 Å². The van der Waals surface area contributed by atoms with Gasteiger partial charge >= 0.3 is 5.69 Å². The number of nitrogens with zero attached hydrogens (tertiary/aromatic N) is 2. The Morgan fingerprint density at radius 1 is 1.40 bits per heavy atom. The minimum atomic E-state index is -0.334. The van der Waals surface area contributed by atoms with E-state index in [1.165, 1.54) is 0 Å². The molecule has 20 heavy (non-hydrogen) atoms. The fourth-order valence-corrected chi connectivity index (χ4v) is 2.55. The lowest BCUT2D eigenvalue weighted by atomic mass is 9.92. The summed E-state index contributed by atoms with van der Waals surface area (Å²) < 4.78 is 1.70. The van der Waals surface area contributed by atoms with Gasteiger partial charge in [0.05, 0.1) is 6.04 Å². The first kappa shape index (κ1) is 12.9. The summed E-state index contributed by atoms with van der Waals surface area (Å²) in [5, 5.41) is 15.9. The van der Waals surface area contributed by atoms with Gasteiger partial charge in [0.2, 0.25) is 0 Å². The zero-order valence-electron chi connectivity index (χ0n) is 11.1. The van der Waals surface area contributed by atoms with Crippen LogP contribution in [-0.2, 0) is 6.42 Å². The van der Waals surface area contributed by atoms with E-state index in [2.05, 4.69) is 10.2 Å². The maximum atomic E-state index is 11.8. The molecule has 0 saturated heterocycles. The Hall–Kier alpha value is -2.08. The Morgan fingerprint density at radius 2 is 2.10 bits per heavy atom. The van der Waals surface area contributed by atoms with E-state index in [0.29, 0.717) is 12.2 Å². The zero-order chi connectivity index (χ0) is 14.1. The highest BCUT2D eigenvalue weighted by Crippen LogP contribution is 2.32. The maximum absolute atomic E-state index is 11.8. The van der Waals surface area contributed by atoms with Gasteiger partial charge in [-0.3, -0.25) is 4.57 Å². The van der Waals surface area contributed by atoms with Crippen molar-refractivity contribution in [3.63, 3.8) is 0 Å². The van der Waals surface area contributed by atoms with Crippen LogP contribution in [0.5, 0.6) is 5.75 Å². The fraction of sp³-hybridized carbons (Fsp3) is 0.429. The quantitative estimate of drug-likeness (QED) is 0.781. The molecule has 1 fully saturated rings. The van der Waals surface area contributed by atoms with E-state index in [9.17, 15) is 9.90 Å². The first-order valence-electron chi connectivity index (χ1n) is 6.85. The van der Waals surface area contributed by atoms with E-state index in [1.54, 1.807) is 16.7 Å².